The van der Waals surface area contributed by atoms with E-state index in [2.05, 4.69) is 0 Å². The van der Waals surface area contributed by atoms with E-state index in [1.165, 1.54) is 13.8 Å². The molecule has 0 bridgehead atoms. The Labute approximate surface area is 122 Å². The number of ether oxygens (including phenoxy) is 4. The van der Waals surface area contributed by atoms with Crippen LogP contribution in [0, 0.1) is 0 Å². The molecule has 1 heterocycles. The van der Waals surface area contributed by atoms with E-state index in [0.29, 0.717) is 13.2 Å². The Morgan fingerprint density at radius 1 is 1.10 bits per heavy atom. The summed E-state index contributed by atoms with van der Waals surface area (Å²) in [6, 6.07) is 4.90. The summed E-state index contributed by atoms with van der Waals surface area (Å²) in [7, 11) is 0. The zero-order valence-electron chi connectivity index (χ0n) is 11.8. The van der Waals surface area contributed by atoms with Crippen molar-refractivity contribution in [1.29, 1.82) is 0 Å². The van der Waals surface area contributed by atoms with Gasteiger partial charge in [0.15, 0.2) is 17.8 Å². The first-order valence-corrected chi connectivity index (χ1v) is 6.47. The molecule has 6 heteroatoms. The summed E-state index contributed by atoms with van der Waals surface area (Å²) in [4.78, 5) is 22.1. The molecule has 6 nitrogen and oxygen atoms in total. The monoisotopic (exact) mass is 292 g/mol. The van der Waals surface area contributed by atoms with Gasteiger partial charge in [0.25, 0.3) is 0 Å². The van der Waals surface area contributed by atoms with Gasteiger partial charge in [-0.1, -0.05) is 12.1 Å². The van der Waals surface area contributed by atoms with Crippen LogP contribution in [0.25, 0.3) is 6.08 Å². The molecule has 1 fully saturated rings. The maximum absolute atomic E-state index is 11.1. The fourth-order valence-corrected chi connectivity index (χ4v) is 1.78. The molecule has 0 amide bonds. The van der Waals surface area contributed by atoms with Crippen LogP contribution in [0.2, 0.25) is 0 Å². The minimum atomic E-state index is -0.494. The minimum absolute atomic E-state index is 0.188. The van der Waals surface area contributed by atoms with E-state index < -0.39 is 11.9 Å². The van der Waals surface area contributed by atoms with Gasteiger partial charge >= 0.3 is 11.9 Å². The van der Waals surface area contributed by atoms with Crippen molar-refractivity contribution in [3.05, 3.63) is 29.8 Å². The number of hydrogen-bond acceptors (Lipinski definition) is 6. The van der Waals surface area contributed by atoms with Gasteiger partial charge in [-0.05, 0) is 23.8 Å². The van der Waals surface area contributed by atoms with E-state index in [4.69, 9.17) is 18.9 Å². The number of benzene rings is 1. The highest BCUT2D eigenvalue weighted by Crippen LogP contribution is 2.29. The molecular weight excluding hydrogens is 276 g/mol. The topological polar surface area (TPSA) is 71.1 Å². The first-order chi connectivity index (χ1) is 10.0. The van der Waals surface area contributed by atoms with Crippen LogP contribution in [0.3, 0.4) is 0 Å². The van der Waals surface area contributed by atoms with Gasteiger partial charge in [-0.25, -0.2) is 0 Å². The molecular formula is C15H16O6. The maximum Gasteiger partial charge on any atom is 0.308 e. The summed E-state index contributed by atoms with van der Waals surface area (Å²) < 4.78 is 20.6. The fraction of sp³-hybridized carbons (Fsp3) is 0.333. The van der Waals surface area contributed by atoms with Crippen molar-refractivity contribution in [3.8, 4) is 11.5 Å². The molecule has 0 spiro atoms. The van der Waals surface area contributed by atoms with Gasteiger partial charge in [-0.15, -0.1) is 0 Å². The zero-order valence-corrected chi connectivity index (χ0v) is 11.8. The molecule has 0 aliphatic carbocycles. The fourth-order valence-electron chi connectivity index (χ4n) is 1.78. The largest absolute Gasteiger partial charge is 0.423 e. The third kappa shape index (κ3) is 4.70. The Hall–Kier alpha value is -2.18. The minimum Gasteiger partial charge on any atom is -0.423 e. The van der Waals surface area contributed by atoms with Crippen molar-refractivity contribution in [2.45, 2.75) is 20.1 Å². The molecule has 1 aliphatic rings. The predicted octanol–water partition coefficient (Wildman–Crippen LogP) is 1.92. The number of carbonyl (C=O) groups excluding carboxylic acids is 2. The quantitative estimate of drug-likeness (QED) is 0.623. The van der Waals surface area contributed by atoms with Crippen molar-refractivity contribution in [2.75, 3.05) is 13.2 Å². The van der Waals surface area contributed by atoms with Crippen LogP contribution >= 0.6 is 0 Å². The lowest BCUT2D eigenvalue weighted by molar-refractivity contribution is -0.134. The molecule has 1 aromatic carbocycles. The van der Waals surface area contributed by atoms with Crippen LogP contribution in [-0.2, 0) is 19.1 Å². The van der Waals surface area contributed by atoms with Crippen LogP contribution in [0.4, 0.5) is 0 Å². The van der Waals surface area contributed by atoms with Crippen molar-refractivity contribution < 1.29 is 28.5 Å². The van der Waals surface area contributed by atoms with Crippen molar-refractivity contribution in [2.24, 2.45) is 0 Å². The van der Waals surface area contributed by atoms with E-state index in [0.717, 1.165) is 5.56 Å². The van der Waals surface area contributed by atoms with Crippen molar-refractivity contribution >= 4 is 18.0 Å². The molecule has 0 unspecified atom stereocenters. The SMILES string of the molecule is CC(=O)Oc1ccc(/C=C/C2OCCO2)cc1OC(C)=O. The van der Waals surface area contributed by atoms with Crippen LogP contribution < -0.4 is 9.47 Å². The highest BCUT2D eigenvalue weighted by molar-refractivity contribution is 5.74. The summed E-state index contributed by atoms with van der Waals surface area (Å²) in [5, 5.41) is 0. The number of rotatable bonds is 4. The molecule has 1 saturated heterocycles. The highest BCUT2D eigenvalue weighted by Gasteiger charge is 2.13. The van der Waals surface area contributed by atoms with Gasteiger partial charge in [0, 0.05) is 13.8 Å². The molecule has 0 N–H and O–H groups in total. The van der Waals surface area contributed by atoms with E-state index >= 15 is 0 Å². The Kier molecular flexibility index (Phi) is 5.08. The number of esters is 2. The van der Waals surface area contributed by atoms with Crippen LogP contribution in [0.15, 0.2) is 24.3 Å². The van der Waals surface area contributed by atoms with Gasteiger partial charge in [0.05, 0.1) is 13.2 Å². The second kappa shape index (κ2) is 7.01. The molecule has 0 radical (unpaired) electrons. The van der Waals surface area contributed by atoms with Gasteiger partial charge in [0.1, 0.15) is 0 Å². The standard InChI is InChI=1S/C15H16O6/c1-10(16)20-13-5-3-12(9-14(13)21-11(2)17)4-6-15-18-7-8-19-15/h3-6,9,15H,7-8H2,1-2H3/b6-4+. The van der Waals surface area contributed by atoms with Gasteiger partial charge in [0.2, 0.25) is 0 Å². The lowest BCUT2D eigenvalue weighted by atomic mass is 10.2. The first-order valence-electron chi connectivity index (χ1n) is 6.47. The summed E-state index contributed by atoms with van der Waals surface area (Å²) in [5.74, 6) is -0.595. The van der Waals surface area contributed by atoms with Gasteiger partial charge in [-0.3, -0.25) is 9.59 Å². The lowest BCUT2D eigenvalue weighted by Crippen LogP contribution is -2.07. The molecule has 112 valence electrons. The Morgan fingerprint density at radius 3 is 2.33 bits per heavy atom. The molecule has 21 heavy (non-hydrogen) atoms. The molecule has 1 aliphatic heterocycles. The summed E-state index contributed by atoms with van der Waals surface area (Å²) >= 11 is 0. The predicted molar refractivity (Wildman–Crippen MR) is 73.8 cm³/mol. The Morgan fingerprint density at radius 2 is 1.71 bits per heavy atom. The van der Waals surface area contributed by atoms with Crippen molar-refractivity contribution in [1.82, 2.24) is 0 Å². The summed E-state index contributed by atoms with van der Waals surface area (Å²) in [6.45, 7) is 3.69. The van der Waals surface area contributed by atoms with E-state index in [1.54, 1.807) is 30.4 Å². The van der Waals surface area contributed by atoms with Crippen LogP contribution in [-0.4, -0.2) is 31.4 Å². The summed E-state index contributed by atoms with van der Waals surface area (Å²) in [5.41, 5.74) is 0.765. The smallest absolute Gasteiger partial charge is 0.308 e. The average molecular weight is 292 g/mol. The first kappa shape index (κ1) is 15.2. The van der Waals surface area contributed by atoms with E-state index in [1.807, 2.05) is 0 Å². The third-order valence-electron chi connectivity index (χ3n) is 2.57. The van der Waals surface area contributed by atoms with Crippen LogP contribution in [0.5, 0.6) is 11.5 Å². The van der Waals surface area contributed by atoms with E-state index in [9.17, 15) is 9.59 Å². The zero-order chi connectivity index (χ0) is 15.2. The highest BCUT2D eigenvalue weighted by atomic mass is 16.7. The normalized spacial score (nSPS) is 15.3. The Bertz CT molecular complexity index is 557. The molecule has 0 atom stereocenters. The van der Waals surface area contributed by atoms with Crippen molar-refractivity contribution in [3.63, 3.8) is 0 Å². The van der Waals surface area contributed by atoms with Gasteiger partial charge < -0.3 is 18.9 Å². The van der Waals surface area contributed by atoms with Gasteiger partial charge in [-0.2, -0.15) is 0 Å². The van der Waals surface area contributed by atoms with Crippen LogP contribution in [0.1, 0.15) is 19.4 Å². The third-order valence-corrected chi connectivity index (χ3v) is 2.57. The Balaban J connectivity index is 2.18. The molecule has 1 aromatic rings. The number of hydrogen-bond donors (Lipinski definition) is 0. The molecule has 0 aromatic heterocycles. The van der Waals surface area contributed by atoms with E-state index in [-0.39, 0.29) is 17.8 Å². The molecule has 2 rings (SSSR count). The second-order valence-corrected chi connectivity index (χ2v) is 4.36. The summed E-state index contributed by atoms with van der Waals surface area (Å²) in [6.07, 6.45) is 3.17. The lowest BCUT2D eigenvalue weighted by Gasteiger charge is -2.09. The second-order valence-electron chi connectivity index (χ2n) is 4.36. The molecule has 0 saturated carbocycles. The number of carbonyl (C=O) groups is 2. The average Bonchev–Trinajstić information content (AvgIpc) is 2.91. The maximum atomic E-state index is 11.1.